The van der Waals surface area contributed by atoms with Gasteiger partial charge in [-0.25, -0.2) is 13.2 Å². The monoisotopic (exact) mass is 416 g/mol. The second kappa shape index (κ2) is 9.06. The second-order valence-corrected chi connectivity index (χ2v) is 8.82. The van der Waals surface area contributed by atoms with Gasteiger partial charge in [0.25, 0.3) is 0 Å². The van der Waals surface area contributed by atoms with Crippen molar-refractivity contribution < 1.29 is 18.0 Å². The maximum Gasteiger partial charge on any atom is 0.312 e. The lowest BCUT2D eigenvalue weighted by Gasteiger charge is -2.19. The first-order valence-corrected chi connectivity index (χ1v) is 10.8. The van der Waals surface area contributed by atoms with Crippen molar-refractivity contribution in [2.45, 2.75) is 30.2 Å². The number of carbonyl (C=O) groups excluding carboxylic acids is 2. The number of nitrogens with two attached hydrogens (primary N) is 1. The van der Waals surface area contributed by atoms with Gasteiger partial charge >= 0.3 is 6.03 Å². The van der Waals surface area contributed by atoms with E-state index in [1.165, 1.54) is 16.4 Å². The third kappa shape index (κ3) is 5.33. The van der Waals surface area contributed by atoms with Crippen LogP contribution in [0.3, 0.4) is 0 Å². The fraction of sp³-hybridized carbons (Fsp3) is 0.300. The molecule has 154 valence electrons. The molecule has 29 heavy (non-hydrogen) atoms. The molecule has 0 aromatic heterocycles. The van der Waals surface area contributed by atoms with E-state index in [1.807, 2.05) is 30.3 Å². The maximum atomic E-state index is 12.7. The molecule has 0 radical (unpaired) electrons. The molecule has 9 heteroatoms. The fourth-order valence-electron chi connectivity index (χ4n) is 3.27. The number of primary amides is 1. The fourth-order valence-corrected chi connectivity index (χ4v) is 4.84. The molecule has 4 N–H and O–H groups in total. The van der Waals surface area contributed by atoms with Gasteiger partial charge < -0.3 is 16.4 Å². The van der Waals surface area contributed by atoms with E-state index in [0.717, 1.165) is 18.4 Å². The quantitative estimate of drug-likeness (QED) is 0.636. The van der Waals surface area contributed by atoms with Crippen LogP contribution in [0.25, 0.3) is 0 Å². The number of nitrogens with one attached hydrogen (secondary N) is 2. The normalized spacial score (nSPS) is 15.6. The third-order valence-corrected chi connectivity index (χ3v) is 6.61. The molecule has 1 fully saturated rings. The van der Waals surface area contributed by atoms with Crippen molar-refractivity contribution in [3.8, 4) is 0 Å². The molecule has 2 aromatic carbocycles. The van der Waals surface area contributed by atoms with Gasteiger partial charge in [-0.2, -0.15) is 4.31 Å². The summed E-state index contributed by atoms with van der Waals surface area (Å²) in [6, 6.07) is 13.6. The maximum absolute atomic E-state index is 12.7. The highest BCUT2D eigenvalue weighted by Crippen LogP contribution is 2.23. The summed E-state index contributed by atoms with van der Waals surface area (Å²) in [5.41, 5.74) is 6.40. The summed E-state index contributed by atoms with van der Waals surface area (Å²) in [4.78, 5) is 24.2. The van der Waals surface area contributed by atoms with Crippen LogP contribution in [-0.4, -0.2) is 43.8 Å². The molecule has 1 saturated heterocycles. The van der Waals surface area contributed by atoms with Gasteiger partial charge in [0.2, 0.25) is 15.9 Å². The van der Waals surface area contributed by atoms with Crippen molar-refractivity contribution in [1.29, 1.82) is 0 Å². The highest BCUT2D eigenvalue weighted by Gasteiger charge is 2.27. The molecular weight excluding hydrogens is 392 g/mol. The van der Waals surface area contributed by atoms with Crippen molar-refractivity contribution in [3.63, 3.8) is 0 Å². The summed E-state index contributed by atoms with van der Waals surface area (Å²) in [6.07, 6.45) is 1.94. The van der Waals surface area contributed by atoms with Crippen LogP contribution in [-0.2, 0) is 21.2 Å². The molecule has 0 spiro atoms. The largest absolute Gasteiger partial charge is 0.352 e. The highest BCUT2D eigenvalue weighted by atomic mass is 32.2. The van der Waals surface area contributed by atoms with Gasteiger partial charge in [0.1, 0.15) is 6.04 Å². The zero-order chi connectivity index (χ0) is 20.9. The molecule has 3 amide bonds. The van der Waals surface area contributed by atoms with E-state index in [4.69, 9.17) is 5.73 Å². The van der Waals surface area contributed by atoms with Crippen LogP contribution in [0.5, 0.6) is 0 Å². The first kappa shape index (κ1) is 20.8. The Morgan fingerprint density at radius 2 is 1.72 bits per heavy atom. The van der Waals surface area contributed by atoms with Crippen molar-refractivity contribution in [2.75, 3.05) is 18.4 Å². The zero-order valence-corrected chi connectivity index (χ0v) is 16.7. The van der Waals surface area contributed by atoms with Gasteiger partial charge in [0.05, 0.1) is 4.90 Å². The minimum absolute atomic E-state index is 0.125. The summed E-state index contributed by atoms with van der Waals surface area (Å²) in [6.45, 7) is 1.00. The number of sulfonamides is 1. The molecule has 1 atom stereocenters. The van der Waals surface area contributed by atoms with Crippen LogP contribution >= 0.6 is 0 Å². The number of amides is 3. The van der Waals surface area contributed by atoms with E-state index in [1.54, 1.807) is 12.1 Å². The Bertz CT molecular complexity index is 973. The SMILES string of the molecule is NC(=O)N[C@H](Cc1ccccc1)C(=O)Nc1cccc(S(=O)(=O)N2CCCC2)c1. The molecule has 8 nitrogen and oxygen atoms in total. The van der Waals surface area contributed by atoms with E-state index in [-0.39, 0.29) is 11.3 Å². The van der Waals surface area contributed by atoms with Gasteiger partial charge in [-0.05, 0) is 36.6 Å². The number of nitrogens with zero attached hydrogens (tertiary/aromatic N) is 1. The number of hydrogen-bond donors (Lipinski definition) is 3. The van der Waals surface area contributed by atoms with Crippen molar-refractivity contribution in [2.24, 2.45) is 5.73 Å². The predicted octanol–water partition coefficient (Wildman–Crippen LogP) is 1.69. The van der Waals surface area contributed by atoms with Crippen LogP contribution in [0.4, 0.5) is 10.5 Å². The predicted molar refractivity (Wildman–Crippen MR) is 110 cm³/mol. The topological polar surface area (TPSA) is 122 Å². The van der Waals surface area contributed by atoms with Crippen molar-refractivity contribution >= 4 is 27.6 Å². The lowest BCUT2D eigenvalue weighted by atomic mass is 10.1. The number of benzene rings is 2. The van der Waals surface area contributed by atoms with Crippen LogP contribution in [0.1, 0.15) is 18.4 Å². The number of anilines is 1. The molecule has 0 unspecified atom stereocenters. The minimum atomic E-state index is -3.59. The van der Waals surface area contributed by atoms with E-state index in [2.05, 4.69) is 10.6 Å². The zero-order valence-electron chi connectivity index (χ0n) is 15.9. The molecule has 0 bridgehead atoms. The first-order chi connectivity index (χ1) is 13.9. The van der Waals surface area contributed by atoms with Gasteiger partial charge in [-0.15, -0.1) is 0 Å². The Morgan fingerprint density at radius 1 is 1.03 bits per heavy atom. The average Bonchev–Trinajstić information content (AvgIpc) is 3.24. The molecule has 0 aliphatic carbocycles. The van der Waals surface area contributed by atoms with Gasteiger partial charge in [0, 0.05) is 25.2 Å². The van der Waals surface area contributed by atoms with Gasteiger partial charge in [-0.3, -0.25) is 4.79 Å². The second-order valence-electron chi connectivity index (χ2n) is 6.88. The summed E-state index contributed by atoms with van der Waals surface area (Å²) < 4.78 is 26.9. The molecular formula is C20H24N4O4S. The minimum Gasteiger partial charge on any atom is -0.352 e. The molecule has 0 saturated carbocycles. The lowest BCUT2D eigenvalue weighted by Crippen LogP contribution is -2.47. The Kier molecular flexibility index (Phi) is 6.50. The van der Waals surface area contributed by atoms with E-state index in [0.29, 0.717) is 18.8 Å². The Hall–Kier alpha value is -2.91. The molecule has 2 aromatic rings. The van der Waals surface area contributed by atoms with Crippen LogP contribution in [0.15, 0.2) is 59.5 Å². The first-order valence-electron chi connectivity index (χ1n) is 9.37. The average molecular weight is 417 g/mol. The Morgan fingerprint density at radius 3 is 2.38 bits per heavy atom. The summed E-state index contributed by atoms with van der Waals surface area (Å²) in [5.74, 6) is -0.483. The van der Waals surface area contributed by atoms with Crippen LogP contribution in [0, 0.1) is 0 Å². The lowest BCUT2D eigenvalue weighted by molar-refractivity contribution is -0.117. The van der Waals surface area contributed by atoms with E-state index >= 15 is 0 Å². The van der Waals surface area contributed by atoms with Crippen molar-refractivity contribution in [3.05, 3.63) is 60.2 Å². The van der Waals surface area contributed by atoms with Crippen LogP contribution < -0.4 is 16.4 Å². The number of rotatable bonds is 7. The van der Waals surface area contributed by atoms with Crippen molar-refractivity contribution in [1.82, 2.24) is 9.62 Å². The molecule has 1 aliphatic rings. The summed E-state index contributed by atoms with van der Waals surface area (Å²) in [5, 5.41) is 5.12. The third-order valence-electron chi connectivity index (χ3n) is 4.72. The molecule has 1 aliphatic heterocycles. The van der Waals surface area contributed by atoms with Crippen LogP contribution in [0.2, 0.25) is 0 Å². The molecule has 3 rings (SSSR count). The standard InChI is InChI=1S/C20H24N4O4S/c21-20(26)23-18(13-15-7-2-1-3-8-15)19(25)22-16-9-6-10-17(14-16)29(27,28)24-11-4-5-12-24/h1-3,6-10,14,18H,4-5,11-13H2,(H,22,25)(H3,21,23,26)/t18-/m1/s1. The Balaban J connectivity index is 1.76. The van der Waals surface area contributed by atoms with Gasteiger partial charge in [0.15, 0.2) is 0 Å². The van der Waals surface area contributed by atoms with E-state index in [9.17, 15) is 18.0 Å². The summed E-state index contributed by atoms with van der Waals surface area (Å²) in [7, 11) is -3.59. The number of carbonyl (C=O) groups is 2. The number of urea groups is 1. The van der Waals surface area contributed by atoms with Gasteiger partial charge in [-0.1, -0.05) is 36.4 Å². The number of hydrogen-bond acceptors (Lipinski definition) is 4. The molecule has 1 heterocycles. The highest BCUT2D eigenvalue weighted by molar-refractivity contribution is 7.89. The van der Waals surface area contributed by atoms with E-state index < -0.39 is 28.0 Å². The smallest absolute Gasteiger partial charge is 0.312 e. The summed E-state index contributed by atoms with van der Waals surface area (Å²) >= 11 is 0. The Labute approximate surface area is 170 Å².